The van der Waals surface area contributed by atoms with E-state index in [4.69, 9.17) is 19.4 Å². The summed E-state index contributed by atoms with van der Waals surface area (Å²) in [5.41, 5.74) is 11.6. The van der Waals surface area contributed by atoms with Crippen molar-refractivity contribution in [2.75, 3.05) is 0 Å². The van der Waals surface area contributed by atoms with Gasteiger partial charge >= 0.3 is 0 Å². The monoisotopic (exact) mass is 851 g/mol. The summed E-state index contributed by atoms with van der Waals surface area (Å²) in [7, 11) is 0. The molecule has 0 atom stereocenters. The van der Waals surface area contributed by atoms with Crippen LogP contribution in [0.3, 0.4) is 0 Å². The molecule has 2 heterocycles. The molecule has 4 nitrogen and oxygen atoms in total. The van der Waals surface area contributed by atoms with E-state index in [0.29, 0.717) is 17.5 Å². The molecule has 0 aliphatic rings. The van der Waals surface area contributed by atoms with Crippen LogP contribution in [0.4, 0.5) is 0 Å². The Kier molecular flexibility index (Phi) is 8.25. The summed E-state index contributed by atoms with van der Waals surface area (Å²) in [4.78, 5) is 14.9. The van der Waals surface area contributed by atoms with Crippen LogP contribution in [0.2, 0.25) is 0 Å². The van der Waals surface area contributed by atoms with Crippen LogP contribution in [-0.4, -0.2) is 15.0 Å². The lowest BCUT2D eigenvalue weighted by molar-refractivity contribution is 0.669. The number of aromatic nitrogens is 3. The lowest BCUT2D eigenvalue weighted by Crippen LogP contribution is -2.00. The van der Waals surface area contributed by atoms with Gasteiger partial charge in [-0.25, -0.2) is 15.0 Å². The second-order valence-corrected chi connectivity index (χ2v) is 17.5. The molecule has 0 radical (unpaired) electrons. The minimum atomic E-state index is 0.635. The van der Waals surface area contributed by atoms with Crippen LogP contribution < -0.4 is 0 Å². The van der Waals surface area contributed by atoms with E-state index < -0.39 is 0 Å². The first-order chi connectivity index (χ1) is 33.2. The maximum atomic E-state index is 6.34. The van der Waals surface area contributed by atoms with Gasteiger partial charge in [-0.2, -0.15) is 0 Å². The molecule has 310 valence electrons. The smallest absolute Gasteiger partial charge is 0.164 e. The van der Waals surface area contributed by atoms with E-state index in [9.17, 15) is 0 Å². The number of rotatable bonds is 6. The lowest BCUT2D eigenvalue weighted by atomic mass is 9.89. The van der Waals surface area contributed by atoms with Gasteiger partial charge in [-0.1, -0.05) is 182 Å². The van der Waals surface area contributed by atoms with Crippen LogP contribution >= 0.6 is 0 Å². The molecule has 12 aromatic carbocycles. The van der Waals surface area contributed by atoms with Gasteiger partial charge in [0.25, 0.3) is 0 Å². The molecule has 0 unspecified atom stereocenters. The fourth-order valence-corrected chi connectivity index (χ4v) is 10.5. The molecular formula is C63H37N3O. The Hall–Kier alpha value is -8.99. The SMILES string of the molecule is c1ccc(-c2nc(-c3ccccc3)nc(-c3cccc(-c4cccc(-c5ccc6c7ccccc7c7ccc(-c8ccc9c(c8)c8cccc%10oc%11cccc9c%11c%108)cc7c6c5)c4)c3)n2)cc1. The first kappa shape index (κ1) is 37.4. The van der Waals surface area contributed by atoms with Gasteiger partial charge in [0.2, 0.25) is 0 Å². The Labute approximate surface area is 385 Å². The Balaban J connectivity index is 0.886. The first-order valence-electron chi connectivity index (χ1n) is 22.7. The Morgan fingerprint density at radius 1 is 0.209 bits per heavy atom. The highest BCUT2D eigenvalue weighted by molar-refractivity contribution is 6.33. The van der Waals surface area contributed by atoms with Gasteiger partial charge in [0.1, 0.15) is 11.2 Å². The van der Waals surface area contributed by atoms with E-state index in [2.05, 4.69) is 164 Å². The molecule has 4 heteroatoms. The molecule has 2 aromatic heterocycles. The normalized spacial score (nSPS) is 11.9. The molecule has 14 rings (SSSR count). The topological polar surface area (TPSA) is 51.8 Å². The lowest BCUT2D eigenvalue weighted by Gasteiger charge is -2.15. The van der Waals surface area contributed by atoms with Crippen LogP contribution in [0.15, 0.2) is 229 Å². The van der Waals surface area contributed by atoms with Crippen LogP contribution in [0.1, 0.15) is 0 Å². The third kappa shape index (κ3) is 6.04. The van der Waals surface area contributed by atoms with E-state index in [-0.39, 0.29) is 0 Å². The summed E-state index contributed by atoms with van der Waals surface area (Å²) in [5.74, 6) is 1.93. The summed E-state index contributed by atoms with van der Waals surface area (Å²) in [6.45, 7) is 0. The molecule has 0 saturated carbocycles. The summed E-state index contributed by atoms with van der Waals surface area (Å²) in [6, 6.07) is 80.2. The molecule has 0 spiro atoms. The number of hydrogen-bond donors (Lipinski definition) is 0. The Bertz CT molecular complexity index is 4210. The summed E-state index contributed by atoms with van der Waals surface area (Å²) in [6.07, 6.45) is 0. The average molecular weight is 852 g/mol. The highest BCUT2D eigenvalue weighted by atomic mass is 16.3. The zero-order chi connectivity index (χ0) is 44.0. The number of benzene rings is 12. The predicted octanol–water partition coefficient (Wildman–Crippen LogP) is 17.0. The average Bonchev–Trinajstić information content (AvgIpc) is 3.80. The minimum absolute atomic E-state index is 0.635. The van der Waals surface area contributed by atoms with Crippen molar-refractivity contribution < 1.29 is 4.42 Å². The van der Waals surface area contributed by atoms with Gasteiger partial charge < -0.3 is 4.42 Å². The van der Waals surface area contributed by atoms with E-state index in [1.165, 1.54) is 75.8 Å². The van der Waals surface area contributed by atoms with Crippen LogP contribution in [0, 0.1) is 0 Å². The second-order valence-electron chi connectivity index (χ2n) is 17.5. The zero-order valence-corrected chi connectivity index (χ0v) is 36.1. The molecule has 0 saturated heterocycles. The fraction of sp³-hybridized carbons (Fsp3) is 0. The summed E-state index contributed by atoms with van der Waals surface area (Å²) < 4.78 is 6.34. The maximum Gasteiger partial charge on any atom is 0.164 e. The molecule has 0 aliphatic heterocycles. The summed E-state index contributed by atoms with van der Waals surface area (Å²) in [5, 5.41) is 14.8. The largest absolute Gasteiger partial charge is 0.456 e. The van der Waals surface area contributed by atoms with Crippen molar-refractivity contribution in [1.29, 1.82) is 0 Å². The van der Waals surface area contributed by atoms with Gasteiger partial charge in [-0.3, -0.25) is 0 Å². The predicted molar refractivity (Wildman–Crippen MR) is 278 cm³/mol. The quantitative estimate of drug-likeness (QED) is 0.156. The van der Waals surface area contributed by atoms with E-state index >= 15 is 0 Å². The molecule has 0 fully saturated rings. The van der Waals surface area contributed by atoms with Crippen LogP contribution in [0.25, 0.3) is 143 Å². The molecule has 0 aliphatic carbocycles. The zero-order valence-electron chi connectivity index (χ0n) is 36.1. The molecule has 14 aromatic rings. The third-order valence-corrected chi connectivity index (χ3v) is 13.6. The van der Waals surface area contributed by atoms with Gasteiger partial charge in [-0.05, 0) is 130 Å². The molecular weight excluding hydrogens is 815 g/mol. The molecule has 0 amide bonds. The number of fused-ring (bicyclic) bond motifs is 9. The van der Waals surface area contributed by atoms with Crippen LogP contribution in [-0.2, 0) is 0 Å². The molecule has 0 N–H and O–H groups in total. The molecule has 0 bridgehead atoms. The van der Waals surface area contributed by atoms with E-state index in [1.54, 1.807) is 0 Å². The Morgan fingerprint density at radius 3 is 1.01 bits per heavy atom. The van der Waals surface area contributed by atoms with Crippen molar-refractivity contribution in [3.63, 3.8) is 0 Å². The number of furan rings is 1. The van der Waals surface area contributed by atoms with E-state index in [0.717, 1.165) is 50.1 Å². The van der Waals surface area contributed by atoms with Gasteiger partial charge in [0, 0.05) is 27.5 Å². The summed E-state index contributed by atoms with van der Waals surface area (Å²) >= 11 is 0. The van der Waals surface area contributed by atoms with Crippen molar-refractivity contribution in [3.8, 4) is 67.5 Å². The van der Waals surface area contributed by atoms with Gasteiger partial charge in [-0.15, -0.1) is 0 Å². The van der Waals surface area contributed by atoms with Crippen molar-refractivity contribution in [2.24, 2.45) is 0 Å². The van der Waals surface area contributed by atoms with Crippen molar-refractivity contribution in [3.05, 3.63) is 224 Å². The second kappa shape index (κ2) is 14.8. The van der Waals surface area contributed by atoms with Crippen molar-refractivity contribution in [2.45, 2.75) is 0 Å². The highest BCUT2D eigenvalue weighted by Crippen LogP contribution is 2.45. The highest BCUT2D eigenvalue weighted by Gasteiger charge is 2.19. The van der Waals surface area contributed by atoms with Crippen molar-refractivity contribution >= 4 is 75.8 Å². The Morgan fingerprint density at radius 2 is 0.522 bits per heavy atom. The third-order valence-electron chi connectivity index (χ3n) is 13.6. The van der Waals surface area contributed by atoms with Crippen molar-refractivity contribution in [1.82, 2.24) is 15.0 Å². The maximum absolute atomic E-state index is 6.34. The first-order valence-corrected chi connectivity index (χ1v) is 22.7. The van der Waals surface area contributed by atoms with Gasteiger partial charge in [0.05, 0.1) is 0 Å². The van der Waals surface area contributed by atoms with Crippen LogP contribution in [0.5, 0.6) is 0 Å². The van der Waals surface area contributed by atoms with E-state index in [1.807, 2.05) is 60.7 Å². The van der Waals surface area contributed by atoms with Gasteiger partial charge in [0.15, 0.2) is 17.5 Å². The standard InChI is InChI=1S/C63H37N3O/c1-3-13-38(14-4-1)61-64-62(39-15-5-2-6-16-39)66-63(65-61)46-20-10-19-42(34-46)40-17-9-18-41(33-40)43-27-30-49-47-21-7-8-22-48(47)50-31-28-45(37-56(50)55(49)36-43)44-29-32-51-52-23-11-25-57-59(52)60-53(54(51)35-44)24-12-26-58(60)67-57/h1-37H. The number of nitrogens with zero attached hydrogens (tertiary/aromatic N) is 3. The number of hydrogen-bond acceptors (Lipinski definition) is 4. The fourth-order valence-electron chi connectivity index (χ4n) is 10.5. The minimum Gasteiger partial charge on any atom is -0.456 e. The molecule has 67 heavy (non-hydrogen) atoms.